The van der Waals surface area contributed by atoms with Gasteiger partial charge in [0.15, 0.2) is 0 Å². The minimum Gasteiger partial charge on any atom is -0.508 e. The molecule has 1 heterocycles. The Morgan fingerprint density at radius 2 is 1.83 bits per heavy atom. The van der Waals surface area contributed by atoms with Crippen LogP contribution in [0.15, 0.2) is 48.5 Å². The molecule has 0 radical (unpaired) electrons. The summed E-state index contributed by atoms with van der Waals surface area (Å²) in [6, 6.07) is 12.7. The number of aryl methyl sites for hydroxylation is 1. The lowest BCUT2D eigenvalue weighted by atomic mass is 10.2. The quantitative estimate of drug-likeness (QED) is 0.756. The minimum absolute atomic E-state index is 0.185. The molecule has 2 aromatic carbocycles. The van der Waals surface area contributed by atoms with Gasteiger partial charge in [-0.05, 0) is 48.9 Å². The highest BCUT2D eigenvalue weighted by atomic mass is 32.1. The standard InChI is InChI=1S/C18H15FN2O2S/c1-11-16(17(23)20-10-12-2-6-14(19)7-3-12)24-18(21-11)13-4-8-15(22)9-5-13/h2-9,22H,10H2,1H3,(H,20,23). The SMILES string of the molecule is Cc1nc(-c2ccc(O)cc2)sc1C(=O)NCc1ccc(F)cc1. The lowest BCUT2D eigenvalue weighted by Gasteiger charge is -2.04. The molecule has 24 heavy (non-hydrogen) atoms. The second kappa shape index (κ2) is 6.80. The van der Waals surface area contributed by atoms with Crippen molar-refractivity contribution in [3.63, 3.8) is 0 Å². The highest BCUT2D eigenvalue weighted by molar-refractivity contribution is 7.17. The third kappa shape index (κ3) is 3.60. The van der Waals surface area contributed by atoms with E-state index in [1.165, 1.54) is 23.5 Å². The molecule has 2 N–H and O–H groups in total. The first kappa shape index (κ1) is 16.1. The number of hydrogen-bond acceptors (Lipinski definition) is 4. The maximum Gasteiger partial charge on any atom is 0.263 e. The van der Waals surface area contributed by atoms with Crippen LogP contribution in [0.5, 0.6) is 5.75 Å². The fourth-order valence-corrected chi connectivity index (χ4v) is 3.19. The molecule has 1 amide bonds. The number of carbonyl (C=O) groups is 1. The monoisotopic (exact) mass is 342 g/mol. The molecule has 6 heteroatoms. The fraction of sp³-hybridized carbons (Fsp3) is 0.111. The molecule has 122 valence electrons. The molecule has 4 nitrogen and oxygen atoms in total. The average Bonchev–Trinajstić information content (AvgIpc) is 2.96. The van der Waals surface area contributed by atoms with Crippen LogP contribution in [-0.2, 0) is 6.54 Å². The second-order valence-corrected chi connectivity index (χ2v) is 6.29. The van der Waals surface area contributed by atoms with Crippen LogP contribution in [0.3, 0.4) is 0 Å². The van der Waals surface area contributed by atoms with E-state index in [0.717, 1.165) is 16.1 Å². The van der Waals surface area contributed by atoms with Crippen LogP contribution in [0.4, 0.5) is 4.39 Å². The van der Waals surface area contributed by atoms with Crippen molar-refractivity contribution >= 4 is 17.2 Å². The van der Waals surface area contributed by atoms with Crippen LogP contribution in [-0.4, -0.2) is 16.0 Å². The highest BCUT2D eigenvalue weighted by Crippen LogP contribution is 2.29. The van der Waals surface area contributed by atoms with Gasteiger partial charge >= 0.3 is 0 Å². The molecule has 0 unspecified atom stereocenters. The van der Waals surface area contributed by atoms with Crippen LogP contribution >= 0.6 is 11.3 Å². The Bertz CT molecular complexity index is 858. The predicted molar refractivity (Wildman–Crippen MR) is 91.5 cm³/mol. The summed E-state index contributed by atoms with van der Waals surface area (Å²) in [4.78, 5) is 17.3. The van der Waals surface area contributed by atoms with Gasteiger partial charge in [-0.15, -0.1) is 11.3 Å². The number of aromatic nitrogens is 1. The van der Waals surface area contributed by atoms with Crippen molar-refractivity contribution in [2.75, 3.05) is 0 Å². The first-order valence-electron chi connectivity index (χ1n) is 7.32. The van der Waals surface area contributed by atoms with Crippen molar-refractivity contribution < 1.29 is 14.3 Å². The molecule has 0 aliphatic heterocycles. The number of phenolic OH excluding ortho intramolecular Hbond substituents is 1. The van der Waals surface area contributed by atoms with Gasteiger partial charge in [-0.2, -0.15) is 0 Å². The van der Waals surface area contributed by atoms with Crippen molar-refractivity contribution in [2.24, 2.45) is 0 Å². The molecule has 0 spiro atoms. The van der Waals surface area contributed by atoms with Gasteiger partial charge in [0.05, 0.1) is 5.69 Å². The smallest absolute Gasteiger partial charge is 0.263 e. The van der Waals surface area contributed by atoms with Crippen molar-refractivity contribution in [3.05, 3.63) is 70.5 Å². The topological polar surface area (TPSA) is 62.2 Å². The van der Waals surface area contributed by atoms with E-state index in [9.17, 15) is 14.3 Å². The summed E-state index contributed by atoms with van der Waals surface area (Å²) in [5, 5.41) is 12.9. The zero-order valence-corrected chi connectivity index (χ0v) is 13.7. The van der Waals surface area contributed by atoms with E-state index in [0.29, 0.717) is 17.1 Å². The van der Waals surface area contributed by atoms with Crippen LogP contribution in [0.1, 0.15) is 20.9 Å². The van der Waals surface area contributed by atoms with Gasteiger partial charge in [0.1, 0.15) is 21.5 Å². The summed E-state index contributed by atoms with van der Waals surface area (Å²) in [5.74, 6) is -0.328. The molecule has 1 aromatic heterocycles. The zero-order chi connectivity index (χ0) is 17.1. The Morgan fingerprint density at radius 3 is 2.50 bits per heavy atom. The Kier molecular flexibility index (Phi) is 4.57. The number of nitrogens with zero attached hydrogens (tertiary/aromatic N) is 1. The van der Waals surface area contributed by atoms with E-state index in [1.807, 2.05) is 0 Å². The first-order chi connectivity index (χ1) is 11.5. The van der Waals surface area contributed by atoms with E-state index >= 15 is 0 Å². The molecule has 0 saturated carbocycles. The maximum absolute atomic E-state index is 12.9. The zero-order valence-electron chi connectivity index (χ0n) is 12.9. The van der Waals surface area contributed by atoms with Crippen LogP contribution < -0.4 is 5.32 Å². The molecule has 0 bridgehead atoms. The predicted octanol–water partition coefficient (Wildman–Crippen LogP) is 3.89. The van der Waals surface area contributed by atoms with E-state index < -0.39 is 0 Å². The van der Waals surface area contributed by atoms with Gasteiger partial charge in [0, 0.05) is 12.1 Å². The summed E-state index contributed by atoms with van der Waals surface area (Å²) in [5.41, 5.74) is 2.32. The van der Waals surface area contributed by atoms with Gasteiger partial charge in [-0.25, -0.2) is 9.37 Å². The molecule has 0 aliphatic rings. The van der Waals surface area contributed by atoms with Gasteiger partial charge in [0.2, 0.25) is 0 Å². The van der Waals surface area contributed by atoms with Gasteiger partial charge < -0.3 is 10.4 Å². The van der Waals surface area contributed by atoms with Crippen LogP contribution in [0.25, 0.3) is 10.6 Å². The molecular weight excluding hydrogens is 327 g/mol. The van der Waals surface area contributed by atoms with Crippen molar-refractivity contribution in [1.29, 1.82) is 0 Å². The Labute approximate surface area is 142 Å². The number of thiazole rings is 1. The van der Waals surface area contributed by atoms with E-state index in [1.54, 1.807) is 43.3 Å². The molecule has 0 aliphatic carbocycles. The normalized spacial score (nSPS) is 10.6. The summed E-state index contributed by atoms with van der Waals surface area (Å²) in [7, 11) is 0. The van der Waals surface area contributed by atoms with E-state index in [2.05, 4.69) is 10.3 Å². The summed E-state index contributed by atoms with van der Waals surface area (Å²) in [6.45, 7) is 2.11. The molecule has 0 fully saturated rings. The number of phenols is 1. The molecule has 3 aromatic rings. The van der Waals surface area contributed by atoms with Gasteiger partial charge in [-0.1, -0.05) is 12.1 Å². The number of amides is 1. The van der Waals surface area contributed by atoms with Gasteiger partial charge in [0.25, 0.3) is 5.91 Å². The van der Waals surface area contributed by atoms with Crippen LogP contribution in [0, 0.1) is 12.7 Å². The number of nitrogens with one attached hydrogen (secondary N) is 1. The fourth-order valence-electron chi connectivity index (χ4n) is 2.20. The number of halogens is 1. The third-order valence-corrected chi connectivity index (χ3v) is 4.69. The molecule has 3 rings (SSSR count). The first-order valence-corrected chi connectivity index (χ1v) is 8.14. The lowest BCUT2D eigenvalue weighted by Crippen LogP contribution is -2.22. The molecule has 0 atom stereocenters. The third-order valence-electron chi connectivity index (χ3n) is 3.48. The number of benzene rings is 2. The van der Waals surface area contributed by atoms with Gasteiger partial charge in [-0.3, -0.25) is 4.79 Å². The lowest BCUT2D eigenvalue weighted by molar-refractivity contribution is 0.0954. The van der Waals surface area contributed by atoms with E-state index in [4.69, 9.17) is 0 Å². The second-order valence-electron chi connectivity index (χ2n) is 5.29. The van der Waals surface area contributed by atoms with Crippen molar-refractivity contribution in [3.8, 4) is 16.3 Å². The Hall–Kier alpha value is -2.73. The average molecular weight is 342 g/mol. The van der Waals surface area contributed by atoms with Crippen molar-refractivity contribution in [2.45, 2.75) is 13.5 Å². The van der Waals surface area contributed by atoms with Crippen LogP contribution in [0.2, 0.25) is 0 Å². The Balaban J connectivity index is 1.73. The summed E-state index contributed by atoms with van der Waals surface area (Å²) < 4.78 is 12.9. The minimum atomic E-state index is -0.304. The Morgan fingerprint density at radius 1 is 1.17 bits per heavy atom. The number of carbonyl (C=O) groups excluding carboxylic acids is 1. The van der Waals surface area contributed by atoms with E-state index in [-0.39, 0.29) is 17.5 Å². The number of aromatic hydroxyl groups is 1. The maximum atomic E-state index is 12.9. The summed E-state index contributed by atoms with van der Waals surface area (Å²) in [6.07, 6.45) is 0. The molecular formula is C18H15FN2O2S. The highest BCUT2D eigenvalue weighted by Gasteiger charge is 2.16. The number of hydrogen-bond donors (Lipinski definition) is 2. The molecule has 0 saturated heterocycles. The van der Waals surface area contributed by atoms with Crippen molar-refractivity contribution in [1.82, 2.24) is 10.3 Å². The summed E-state index contributed by atoms with van der Waals surface area (Å²) >= 11 is 1.30. The number of rotatable bonds is 4. The largest absolute Gasteiger partial charge is 0.508 e.